The van der Waals surface area contributed by atoms with E-state index in [1.54, 1.807) is 11.7 Å². The maximum Gasteiger partial charge on any atom is 0.266 e. The lowest BCUT2D eigenvalue weighted by Crippen LogP contribution is -2.40. The van der Waals surface area contributed by atoms with Gasteiger partial charge in [-0.2, -0.15) is 0 Å². The predicted octanol–water partition coefficient (Wildman–Crippen LogP) is 6.47. The monoisotopic (exact) mass is 505 g/mol. The van der Waals surface area contributed by atoms with E-state index in [0.29, 0.717) is 42.7 Å². The maximum atomic E-state index is 13.8. The molecule has 37 heavy (non-hydrogen) atoms. The van der Waals surface area contributed by atoms with Gasteiger partial charge in [0.2, 0.25) is 5.91 Å². The summed E-state index contributed by atoms with van der Waals surface area (Å²) in [4.78, 5) is 34.6. The van der Waals surface area contributed by atoms with E-state index in [0.717, 1.165) is 24.1 Å². The molecule has 0 aliphatic carbocycles. The Morgan fingerprint density at radius 3 is 2.41 bits per heavy atom. The molecule has 1 amide bonds. The van der Waals surface area contributed by atoms with Gasteiger partial charge in [0.25, 0.3) is 5.56 Å². The number of ether oxygens (including phenoxy) is 1. The van der Waals surface area contributed by atoms with Crippen LogP contribution in [0.25, 0.3) is 16.6 Å². The molecule has 1 heterocycles. The van der Waals surface area contributed by atoms with Gasteiger partial charge in [0, 0.05) is 26.7 Å². The van der Waals surface area contributed by atoms with Crippen molar-refractivity contribution < 1.29 is 9.53 Å². The molecule has 0 saturated carbocycles. The van der Waals surface area contributed by atoms with Crippen LogP contribution in [0.3, 0.4) is 0 Å². The van der Waals surface area contributed by atoms with Crippen molar-refractivity contribution in [1.82, 2.24) is 14.5 Å². The van der Waals surface area contributed by atoms with E-state index in [2.05, 4.69) is 34.6 Å². The number of hydrogen-bond donors (Lipinski definition) is 0. The molecule has 0 aliphatic rings. The van der Waals surface area contributed by atoms with E-state index >= 15 is 0 Å². The van der Waals surface area contributed by atoms with Crippen molar-refractivity contribution in [2.75, 3.05) is 20.3 Å². The predicted molar refractivity (Wildman–Crippen MR) is 151 cm³/mol. The van der Waals surface area contributed by atoms with E-state index < -0.39 is 0 Å². The van der Waals surface area contributed by atoms with Gasteiger partial charge >= 0.3 is 0 Å². The first-order valence-corrected chi connectivity index (χ1v) is 13.4. The van der Waals surface area contributed by atoms with Gasteiger partial charge in [-0.3, -0.25) is 14.2 Å². The third-order valence-electron chi connectivity index (χ3n) is 6.71. The molecule has 0 fully saturated rings. The molecule has 0 spiro atoms. The summed E-state index contributed by atoms with van der Waals surface area (Å²) in [5, 5.41) is 0.567. The molecule has 0 N–H and O–H groups in total. The van der Waals surface area contributed by atoms with Crippen molar-refractivity contribution in [3.63, 3.8) is 0 Å². The molecular formula is C31H43N3O3. The molecule has 1 aromatic heterocycles. The zero-order valence-electron chi connectivity index (χ0n) is 23.6. The van der Waals surface area contributed by atoms with Crippen LogP contribution in [-0.4, -0.2) is 40.6 Å². The number of aryl methyl sites for hydroxylation is 1. The Morgan fingerprint density at radius 2 is 1.78 bits per heavy atom. The zero-order chi connectivity index (χ0) is 27.2. The van der Waals surface area contributed by atoms with E-state index in [-0.39, 0.29) is 28.8 Å². The minimum absolute atomic E-state index is 0.0950. The average Bonchev–Trinajstić information content (AvgIpc) is 2.83. The first-order valence-electron chi connectivity index (χ1n) is 13.4. The molecule has 2 aromatic carbocycles. The third-order valence-corrected chi connectivity index (χ3v) is 6.71. The molecule has 0 bridgehead atoms. The van der Waals surface area contributed by atoms with Gasteiger partial charge in [0.1, 0.15) is 5.82 Å². The van der Waals surface area contributed by atoms with Crippen molar-refractivity contribution in [3.8, 4) is 5.69 Å². The molecule has 3 rings (SSSR count). The van der Waals surface area contributed by atoms with Crippen LogP contribution in [0.1, 0.15) is 77.7 Å². The second kappa shape index (κ2) is 12.5. The van der Waals surface area contributed by atoms with Crippen molar-refractivity contribution in [2.24, 2.45) is 11.3 Å². The largest absolute Gasteiger partial charge is 0.385 e. The van der Waals surface area contributed by atoms with Crippen LogP contribution in [0.4, 0.5) is 0 Å². The number of carbonyl (C=O) groups excluding carboxylic acids is 1. The SMILES string of the molecule is CCC(c1nc2ccccc2c(=O)n1-c1ccc(C)cc1)N(CCCOC)C(=O)CC(C)CC(C)(C)C. The highest BCUT2D eigenvalue weighted by atomic mass is 16.5. The lowest BCUT2D eigenvalue weighted by Gasteiger charge is -2.34. The summed E-state index contributed by atoms with van der Waals surface area (Å²) in [6.07, 6.45) is 2.78. The molecular weight excluding hydrogens is 462 g/mol. The average molecular weight is 506 g/mol. The van der Waals surface area contributed by atoms with Crippen LogP contribution in [0, 0.1) is 18.3 Å². The van der Waals surface area contributed by atoms with Gasteiger partial charge in [-0.1, -0.05) is 64.4 Å². The Kier molecular flexibility index (Phi) is 9.66. The fraction of sp³-hybridized carbons (Fsp3) is 0.516. The third kappa shape index (κ3) is 7.29. The van der Waals surface area contributed by atoms with Crippen LogP contribution in [0.2, 0.25) is 0 Å². The van der Waals surface area contributed by atoms with E-state index in [9.17, 15) is 9.59 Å². The number of fused-ring (bicyclic) bond motifs is 1. The topological polar surface area (TPSA) is 64.4 Å². The Labute approximate surface area is 221 Å². The number of hydrogen-bond acceptors (Lipinski definition) is 4. The highest BCUT2D eigenvalue weighted by Crippen LogP contribution is 2.30. The summed E-state index contributed by atoms with van der Waals surface area (Å²) in [5.41, 5.74) is 2.55. The molecule has 2 unspecified atom stereocenters. The zero-order valence-corrected chi connectivity index (χ0v) is 23.6. The van der Waals surface area contributed by atoms with Gasteiger partial charge in [0.15, 0.2) is 0 Å². The first-order chi connectivity index (χ1) is 17.6. The van der Waals surface area contributed by atoms with Crippen molar-refractivity contribution >= 4 is 16.8 Å². The van der Waals surface area contributed by atoms with Crippen molar-refractivity contribution in [2.45, 2.75) is 73.3 Å². The number of rotatable bonds is 11. The molecule has 6 heteroatoms. The molecule has 6 nitrogen and oxygen atoms in total. The first kappa shape index (κ1) is 28.6. The summed E-state index contributed by atoms with van der Waals surface area (Å²) < 4.78 is 7.01. The van der Waals surface area contributed by atoms with Crippen LogP contribution in [0.5, 0.6) is 0 Å². The summed E-state index contributed by atoms with van der Waals surface area (Å²) in [6, 6.07) is 15.0. The summed E-state index contributed by atoms with van der Waals surface area (Å²) in [7, 11) is 1.68. The second-order valence-electron chi connectivity index (χ2n) is 11.4. The van der Waals surface area contributed by atoms with Crippen LogP contribution in [-0.2, 0) is 9.53 Å². The number of para-hydroxylation sites is 1. The van der Waals surface area contributed by atoms with Gasteiger partial charge in [-0.15, -0.1) is 0 Å². The number of benzene rings is 2. The minimum Gasteiger partial charge on any atom is -0.385 e. The van der Waals surface area contributed by atoms with Gasteiger partial charge in [-0.05, 0) is 61.8 Å². The lowest BCUT2D eigenvalue weighted by atomic mass is 9.84. The van der Waals surface area contributed by atoms with E-state index in [1.165, 1.54) is 0 Å². The molecule has 0 aliphatic heterocycles. The van der Waals surface area contributed by atoms with Gasteiger partial charge < -0.3 is 9.64 Å². The standard InChI is InChI=1S/C31H43N3O3/c1-8-27(33(18-11-19-37-7)28(35)20-23(3)21-31(4,5)6)29-32-26-13-10-9-12-25(26)30(36)34(29)24-16-14-22(2)15-17-24/h9-10,12-17,23,27H,8,11,18-21H2,1-7H3. The Morgan fingerprint density at radius 1 is 1.11 bits per heavy atom. The smallest absolute Gasteiger partial charge is 0.266 e. The quantitative estimate of drug-likeness (QED) is 0.280. The van der Waals surface area contributed by atoms with E-state index in [4.69, 9.17) is 9.72 Å². The number of methoxy groups -OCH3 is 1. The molecule has 2 atom stereocenters. The van der Waals surface area contributed by atoms with Crippen LogP contribution in [0.15, 0.2) is 53.3 Å². The molecule has 3 aromatic rings. The van der Waals surface area contributed by atoms with Gasteiger partial charge in [0.05, 0.1) is 22.6 Å². The molecule has 0 radical (unpaired) electrons. The van der Waals surface area contributed by atoms with Crippen molar-refractivity contribution in [3.05, 3.63) is 70.3 Å². The summed E-state index contributed by atoms with van der Waals surface area (Å²) >= 11 is 0. The summed E-state index contributed by atoms with van der Waals surface area (Å²) in [6.45, 7) is 14.0. The number of nitrogens with zero attached hydrogens (tertiary/aromatic N) is 3. The highest BCUT2D eigenvalue weighted by molar-refractivity contribution is 5.79. The number of carbonyl (C=O) groups is 1. The highest BCUT2D eigenvalue weighted by Gasteiger charge is 2.30. The van der Waals surface area contributed by atoms with E-state index in [1.807, 2.05) is 60.4 Å². The molecule has 0 saturated heterocycles. The lowest BCUT2D eigenvalue weighted by molar-refractivity contribution is -0.135. The minimum atomic E-state index is -0.343. The van der Waals surface area contributed by atoms with Crippen LogP contribution < -0.4 is 5.56 Å². The van der Waals surface area contributed by atoms with Crippen LogP contribution >= 0.6 is 0 Å². The number of amides is 1. The van der Waals surface area contributed by atoms with Gasteiger partial charge in [-0.25, -0.2) is 4.98 Å². The Balaban J connectivity index is 2.13. The fourth-order valence-corrected chi connectivity index (χ4v) is 5.23. The fourth-order valence-electron chi connectivity index (χ4n) is 5.23. The van der Waals surface area contributed by atoms with Crippen molar-refractivity contribution in [1.29, 1.82) is 0 Å². The second-order valence-corrected chi connectivity index (χ2v) is 11.4. The maximum absolute atomic E-state index is 13.8. The number of aromatic nitrogens is 2. The molecule has 200 valence electrons. The normalized spacial score (nSPS) is 13.5. The Hall–Kier alpha value is -2.99. The Bertz CT molecular complexity index is 1240. The summed E-state index contributed by atoms with van der Waals surface area (Å²) in [5.74, 6) is 0.945.